The highest BCUT2D eigenvalue weighted by molar-refractivity contribution is 7.99. The Bertz CT molecular complexity index is 246. The Morgan fingerprint density at radius 3 is 2.93 bits per heavy atom. The molecule has 1 aliphatic rings. The number of imide groups is 1. The van der Waals surface area contributed by atoms with Gasteiger partial charge in [0.15, 0.2) is 0 Å². The molecule has 2 amide bonds. The van der Waals surface area contributed by atoms with Crippen LogP contribution in [0.15, 0.2) is 0 Å². The smallest absolute Gasteiger partial charge is 0.246 e. The monoisotopic (exact) mass is 230 g/mol. The summed E-state index contributed by atoms with van der Waals surface area (Å²) in [5, 5.41) is 3.19. The van der Waals surface area contributed by atoms with Gasteiger partial charge in [0, 0.05) is 25.8 Å². The first-order valence-corrected chi connectivity index (χ1v) is 6.43. The minimum atomic E-state index is -0.162. The van der Waals surface area contributed by atoms with E-state index in [4.69, 9.17) is 0 Å². The number of likely N-dealkylation sites (tertiary alicyclic amines) is 1. The van der Waals surface area contributed by atoms with Gasteiger partial charge >= 0.3 is 0 Å². The number of hydrogen-bond acceptors (Lipinski definition) is 4. The first-order chi connectivity index (χ1) is 7.16. The zero-order chi connectivity index (χ0) is 11.3. The molecule has 1 aliphatic heterocycles. The maximum atomic E-state index is 11.6. The molecule has 1 heterocycles. The molecule has 0 spiro atoms. The van der Waals surface area contributed by atoms with Crippen molar-refractivity contribution in [2.24, 2.45) is 0 Å². The summed E-state index contributed by atoms with van der Waals surface area (Å²) in [4.78, 5) is 24.1. The van der Waals surface area contributed by atoms with Crippen molar-refractivity contribution < 1.29 is 9.59 Å². The van der Waals surface area contributed by atoms with E-state index in [1.807, 2.05) is 11.8 Å². The predicted octanol–water partition coefficient (Wildman–Crippen LogP) is 0.476. The van der Waals surface area contributed by atoms with Crippen LogP contribution >= 0.6 is 11.8 Å². The lowest BCUT2D eigenvalue weighted by molar-refractivity contribution is -0.148. The molecule has 86 valence electrons. The number of carbonyl (C=O) groups is 2. The number of piperidine rings is 1. The van der Waals surface area contributed by atoms with E-state index in [1.165, 1.54) is 4.90 Å². The Hall–Kier alpha value is -0.550. The highest BCUT2D eigenvalue weighted by Gasteiger charge is 2.30. The van der Waals surface area contributed by atoms with Crippen LogP contribution in [0.4, 0.5) is 0 Å². The van der Waals surface area contributed by atoms with E-state index >= 15 is 0 Å². The zero-order valence-corrected chi connectivity index (χ0v) is 10.1. The molecule has 1 unspecified atom stereocenters. The van der Waals surface area contributed by atoms with Crippen molar-refractivity contribution in [3.8, 4) is 0 Å². The molecular formula is C10H18N2O2S. The normalized spacial score (nSPS) is 22.3. The van der Waals surface area contributed by atoms with E-state index in [9.17, 15) is 9.59 Å². The van der Waals surface area contributed by atoms with E-state index in [-0.39, 0.29) is 17.9 Å². The molecule has 0 aromatic rings. The number of rotatable bonds is 5. The van der Waals surface area contributed by atoms with Crippen molar-refractivity contribution in [1.29, 1.82) is 0 Å². The molecule has 0 aliphatic carbocycles. The number of likely N-dealkylation sites (N-methyl/N-ethyl adjacent to an activating group) is 1. The van der Waals surface area contributed by atoms with Gasteiger partial charge in [0.2, 0.25) is 11.8 Å². The van der Waals surface area contributed by atoms with Crippen molar-refractivity contribution in [2.45, 2.75) is 25.8 Å². The Morgan fingerprint density at radius 2 is 2.27 bits per heavy atom. The van der Waals surface area contributed by atoms with Gasteiger partial charge in [-0.2, -0.15) is 11.8 Å². The summed E-state index contributed by atoms with van der Waals surface area (Å²) in [6.45, 7) is 2.94. The molecule has 1 atom stereocenters. The van der Waals surface area contributed by atoms with Gasteiger partial charge in [-0.25, -0.2) is 0 Å². The summed E-state index contributed by atoms with van der Waals surface area (Å²) in [5.41, 5.74) is 0. The zero-order valence-electron chi connectivity index (χ0n) is 9.28. The van der Waals surface area contributed by atoms with Crippen LogP contribution in [-0.2, 0) is 9.59 Å². The van der Waals surface area contributed by atoms with Crippen LogP contribution in [0, 0.1) is 0 Å². The van der Waals surface area contributed by atoms with Gasteiger partial charge < -0.3 is 5.32 Å². The summed E-state index contributed by atoms with van der Waals surface area (Å²) in [6.07, 6.45) is 1.11. The predicted molar refractivity (Wildman–Crippen MR) is 61.8 cm³/mol. The van der Waals surface area contributed by atoms with Crippen molar-refractivity contribution >= 4 is 23.6 Å². The van der Waals surface area contributed by atoms with Crippen LogP contribution in [0.1, 0.15) is 19.8 Å². The van der Waals surface area contributed by atoms with Crippen LogP contribution in [-0.4, -0.2) is 47.9 Å². The maximum Gasteiger partial charge on any atom is 0.246 e. The maximum absolute atomic E-state index is 11.6. The van der Waals surface area contributed by atoms with E-state index < -0.39 is 0 Å². The third-order valence-electron chi connectivity index (χ3n) is 2.49. The molecular weight excluding hydrogens is 212 g/mol. The molecule has 5 heteroatoms. The summed E-state index contributed by atoms with van der Waals surface area (Å²) in [5.74, 6) is 1.95. The minimum Gasteiger partial charge on any atom is -0.305 e. The van der Waals surface area contributed by atoms with Gasteiger partial charge in [-0.05, 0) is 12.2 Å². The second-order valence-electron chi connectivity index (χ2n) is 3.53. The summed E-state index contributed by atoms with van der Waals surface area (Å²) >= 11 is 1.84. The fourth-order valence-electron chi connectivity index (χ4n) is 1.55. The molecule has 1 saturated heterocycles. The molecule has 0 aromatic carbocycles. The highest BCUT2D eigenvalue weighted by atomic mass is 32.2. The second-order valence-corrected chi connectivity index (χ2v) is 4.93. The number of nitrogens with zero attached hydrogens (tertiary/aromatic N) is 1. The lowest BCUT2D eigenvalue weighted by Crippen LogP contribution is -2.51. The van der Waals surface area contributed by atoms with Gasteiger partial charge in [0.05, 0.1) is 6.04 Å². The van der Waals surface area contributed by atoms with Crippen LogP contribution < -0.4 is 5.32 Å². The van der Waals surface area contributed by atoms with Crippen molar-refractivity contribution in [3.05, 3.63) is 0 Å². The lowest BCUT2D eigenvalue weighted by Gasteiger charge is -2.28. The van der Waals surface area contributed by atoms with Crippen molar-refractivity contribution in [1.82, 2.24) is 10.2 Å². The molecule has 1 rings (SSSR count). The topological polar surface area (TPSA) is 49.4 Å². The van der Waals surface area contributed by atoms with Gasteiger partial charge in [-0.1, -0.05) is 6.92 Å². The molecule has 0 bridgehead atoms. The Balaban J connectivity index is 2.30. The third kappa shape index (κ3) is 3.50. The van der Waals surface area contributed by atoms with Gasteiger partial charge in [-0.3, -0.25) is 14.5 Å². The van der Waals surface area contributed by atoms with Gasteiger partial charge in [-0.15, -0.1) is 0 Å². The molecule has 0 radical (unpaired) electrons. The van der Waals surface area contributed by atoms with Gasteiger partial charge in [0.25, 0.3) is 0 Å². The molecule has 0 saturated carbocycles. The molecule has 0 aromatic heterocycles. The SMILES string of the molecule is CCSCCNC1CCC(=O)N(C)C1=O. The highest BCUT2D eigenvalue weighted by Crippen LogP contribution is 2.11. The van der Waals surface area contributed by atoms with Crippen LogP contribution in [0.2, 0.25) is 0 Å². The van der Waals surface area contributed by atoms with Crippen LogP contribution in [0.5, 0.6) is 0 Å². The first-order valence-electron chi connectivity index (χ1n) is 5.28. The van der Waals surface area contributed by atoms with Crippen LogP contribution in [0.25, 0.3) is 0 Å². The molecule has 1 N–H and O–H groups in total. The fraction of sp³-hybridized carbons (Fsp3) is 0.800. The van der Waals surface area contributed by atoms with Crippen molar-refractivity contribution in [2.75, 3.05) is 25.1 Å². The summed E-state index contributed by atoms with van der Waals surface area (Å²) in [7, 11) is 1.55. The fourth-order valence-corrected chi connectivity index (χ4v) is 2.11. The average molecular weight is 230 g/mol. The largest absolute Gasteiger partial charge is 0.305 e. The lowest BCUT2D eigenvalue weighted by atomic mass is 10.1. The van der Waals surface area contributed by atoms with E-state index in [2.05, 4.69) is 12.2 Å². The number of carbonyl (C=O) groups excluding carboxylic acids is 2. The van der Waals surface area contributed by atoms with Crippen molar-refractivity contribution in [3.63, 3.8) is 0 Å². The number of hydrogen-bond donors (Lipinski definition) is 1. The second kappa shape index (κ2) is 6.12. The molecule has 1 fully saturated rings. The quantitative estimate of drug-likeness (QED) is 0.551. The molecule has 15 heavy (non-hydrogen) atoms. The van der Waals surface area contributed by atoms with Crippen LogP contribution in [0.3, 0.4) is 0 Å². The Morgan fingerprint density at radius 1 is 1.53 bits per heavy atom. The average Bonchev–Trinajstić information content (AvgIpc) is 2.24. The van der Waals surface area contributed by atoms with E-state index in [1.54, 1.807) is 7.05 Å². The van der Waals surface area contributed by atoms with E-state index in [0.717, 1.165) is 18.1 Å². The van der Waals surface area contributed by atoms with E-state index in [0.29, 0.717) is 12.8 Å². The summed E-state index contributed by atoms with van der Waals surface area (Å²) in [6, 6.07) is -0.162. The number of thioether (sulfide) groups is 1. The minimum absolute atomic E-state index is 0.0685. The standard InChI is InChI=1S/C10H18N2O2S/c1-3-15-7-6-11-8-4-5-9(13)12(2)10(8)14/h8,11H,3-7H2,1-2H3. The van der Waals surface area contributed by atoms with Gasteiger partial charge in [0.1, 0.15) is 0 Å². The summed E-state index contributed by atoms with van der Waals surface area (Å²) < 4.78 is 0. The third-order valence-corrected chi connectivity index (χ3v) is 3.39. The Kier molecular flexibility index (Phi) is 5.11. The first kappa shape index (κ1) is 12.5. The number of amides is 2. The Labute approximate surface area is 94.8 Å². The molecule has 4 nitrogen and oxygen atoms in total. The number of nitrogens with one attached hydrogen (secondary N) is 1.